The molecule has 2 N–H and O–H groups in total. The number of benzene rings is 2. The highest BCUT2D eigenvalue weighted by Crippen LogP contribution is 2.70. The summed E-state index contributed by atoms with van der Waals surface area (Å²) < 4.78 is 36.2. The number of rotatable bonds is 1. The first-order chi connectivity index (χ1) is 20.9. The van der Waals surface area contributed by atoms with Crippen molar-refractivity contribution in [2.75, 3.05) is 24.6 Å². The molecule has 4 bridgehead atoms. The maximum absolute atomic E-state index is 13.6. The van der Waals surface area contributed by atoms with Gasteiger partial charge in [0.25, 0.3) is 5.91 Å². The van der Waals surface area contributed by atoms with Crippen LogP contribution in [0.5, 0.6) is 5.75 Å². The number of allylic oxidation sites excluding steroid dienone is 1. The average molecular weight is 639 g/mol. The zero-order chi connectivity index (χ0) is 31.0. The van der Waals surface area contributed by atoms with E-state index >= 15 is 0 Å². The van der Waals surface area contributed by atoms with E-state index in [4.69, 9.17) is 16.3 Å². The van der Waals surface area contributed by atoms with Crippen molar-refractivity contribution in [2.24, 2.45) is 29.1 Å². The lowest BCUT2D eigenvalue weighted by Gasteiger charge is -2.70. The Labute approximate surface area is 266 Å². The van der Waals surface area contributed by atoms with Gasteiger partial charge in [0.2, 0.25) is 10.0 Å². The summed E-state index contributed by atoms with van der Waals surface area (Å²) >= 11 is 6.42. The monoisotopic (exact) mass is 638 g/mol. The zero-order valence-electron chi connectivity index (χ0n) is 25.8. The molecule has 2 spiro atoms. The lowest BCUT2D eigenvalue weighted by molar-refractivity contribution is -0.216. The Hall–Kier alpha value is -2.55. The van der Waals surface area contributed by atoms with E-state index in [2.05, 4.69) is 21.8 Å². The Balaban J connectivity index is 1.32. The molecule has 5 atom stereocenters. The number of fused-ring (bicyclic) bond motifs is 3. The molecule has 2 aromatic carbocycles. The van der Waals surface area contributed by atoms with Crippen LogP contribution in [0.4, 0.5) is 5.69 Å². The molecular formula is C35H43ClN2O5S. The predicted molar refractivity (Wildman–Crippen MR) is 173 cm³/mol. The summed E-state index contributed by atoms with van der Waals surface area (Å²) in [7, 11) is -3.97. The Morgan fingerprint density at radius 2 is 1.93 bits per heavy atom. The molecule has 3 saturated carbocycles. The smallest absolute Gasteiger partial charge is 0.264 e. The second-order valence-corrected chi connectivity index (χ2v) is 16.9. The van der Waals surface area contributed by atoms with E-state index in [1.165, 1.54) is 11.1 Å². The fourth-order valence-electron chi connectivity index (χ4n) is 9.44. The molecule has 0 saturated heterocycles. The Morgan fingerprint density at radius 3 is 2.66 bits per heavy atom. The molecule has 3 fully saturated rings. The third-order valence-corrected chi connectivity index (χ3v) is 13.8. The van der Waals surface area contributed by atoms with E-state index in [9.17, 15) is 18.3 Å². The summed E-state index contributed by atoms with van der Waals surface area (Å²) in [5, 5.41) is 11.4. The van der Waals surface area contributed by atoms with Crippen molar-refractivity contribution in [2.45, 2.75) is 76.1 Å². The number of sulfonamides is 1. The molecule has 9 heteroatoms. The number of carbonyl (C=O) groups excluding carboxylic acids is 1. The molecule has 2 aromatic rings. The van der Waals surface area contributed by atoms with Gasteiger partial charge in [-0.15, -0.1) is 0 Å². The Bertz CT molecular complexity index is 1620. The van der Waals surface area contributed by atoms with Gasteiger partial charge in [-0.3, -0.25) is 4.79 Å². The van der Waals surface area contributed by atoms with Crippen LogP contribution in [0.1, 0.15) is 74.4 Å². The summed E-state index contributed by atoms with van der Waals surface area (Å²) in [6.07, 6.45) is 8.90. The minimum atomic E-state index is -3.97. The summed E-state index contributed by atoms with van der Waals surface area (Å²) in [5.74, 6) is 0.307. The molecule has 4 aliphatic carbocycles. The molecule has 0 aromatic heterocycles. The number of aryl methyl sites for hydroxylation is 1. The molecule has 2 aliphatic heterocycles. The number of halogens is 1. The lowest BCUT2D eigenvalue weighted by atomic mass is 9.36. The van der Waals surface area contributed by atoms with Crippen LogP contribution < -0.4 is 14.4 Å². The predicted octanol–water partition coefficient (Wildman–Crippen LogP) is 5.88. The molecule has 2 heterocycles. The van der Waals surface area contributed by atoms with E-state index < -0.39 is 27.3 Å². The van der Waals surface area contributed by atoms with Crippen LogP contribution in [0.2, 0.25) is 5.02 Å². The van der Waals surface area contributed by atoms with Gasteiger partial charge in [0.15, 0.2) is 0 Å². The van der Waals surface area contributed by atoms with E-state index in [1.54, 1.807) is 12.1 Å². The second kappa shape index (κ2) is 10.8. The van der Waals surface area contributed by atoms with Gasteiger partial charge in [0.1, 0.15) is 5.75 Å². The van der Waals surface area contributed by atoms with Crippen LogP contribution in [0, 0.1) is 29.1 Å². The van der Waals surface area contributed by atoms with Crippen molar-refractivity contribution in [3.8, 4) is 5.75 Å². The number of carbonyl (C=O) groups is 1. The number of nitrogens with one attached hydrogen (secondary N) is 1. The number of amides is 1. The van der Waals surface area contributed by atoms with Crippen molar-refractivity contribution in [3.05, 3.63) is 70.3 Å². The number of hydrogen-bond donors (Lipinski definition) is 2. The van der Waals surface area contributed by atoms with Crippen molar-refractivity contribution >= 4 is 33.2 Å². The Kier molecular flexibility index (Phi) is 7.37. The van der Waals surface area contributed by atoms with Crippen molar-refractivity contribution in [1.29, 1.82) is 0 Å². The van der Waals surface area contributed by atoms with Crippen LogP contribution in [0.15, 0.2) is 48.6 Å². The third kappa shape index (κ3) is 4.87. The van der Waals surface area contributed by atoms with Gasteiger partial charge >= 0.3 is 0 Å². The number of ether oxygens (including phenoxy) is 1. The molecule has 7 nitrogen and oxygen atoms in total. The zero-order valence-corrected chi connectivity index (χ0v) is 27.3. The van der Waals surface area contributed by atoms with Gasteiger partial charge in [-0.25, -0.2) is 13.1 Å². The van der Waals surface area contributed by atoms with Gasteiger partial charge < -0.3 is 14.7 Å². The molecule has 0 unspecified atom stereocenters. The van der Waals surface area contributed by atoms with Crippen LogP contribution in [-0.4, -0.2) is 50.5 Å². The van der Waals surface area contributed by atoms with E-state index in [-0.39, 0.29) is 28.6 Å². The summed E-state index contributed by atoms with van der Waals surface area (Å²) in [6.45, 7) is 7.60. The number of nitrogens with zero attached hydrogens (tertiary/aromatic N) is 1. The quantitative estimate of drug-likeness (QED) is 0.379. The van der Waals surface area contributed by atoms with Crippen molar-refractivity contribution in [1.82, 2.24) is 4.72 Å². The SMILES string of the molecule is CC(C)[C@H]1[C@H](C)C/C=C/[C@H](O)[C@@H]2C3CC2(C3)CN2C[C@@]3(CCCc4cc(Cl)ccc43)COc3ccc(cc32)C(=O)NS1(=O)=O. The van der Waals surface area contributed by atoms with Gasteiger partial charge in [-0.2, -0.15) is 0 Å². The lowest BCUT2D eigenvalue weighted by Crippen LogP contribution is -2.69. The van der Waals surface area contributed by atoms with Crippen LogP contribution in [0.25, 0.3) is 0 Å². The summed E-state index contributed by atoms with van der Waals surface area (Å²) in [6, 6.07) is 11.5. The molecular weight excluding hydrogens is 596 g/mol. The first-order valence-electron chi connectivity index (χ1n) is 16.1. The highest BCUT2D eigenvalue weighted by atomic mass is 35.5. The maximum Gasteiger partial charge on any atom is 0.264 e. The van der Waals surface area contributed by atoms with E-state index in [1.807, 2.05) is 45.1 Å². The van der Waals surface area contributed by atoms with Crippen LogP contribution in [0.3, 0.4) is 0 Å². The number of hydrogen-bond acceptors (Lipinski definition) is 6. The molecule has 44 heavy (non-hydrogen) atoms. The summed E-state index contributed by atoms with van der Waals surface area (Å²) in [4.78, 5) is 16.0. The molecule has 0 radical (unpaired) electrons. The topological polar surface area (TPSA) is 95.9 Å². The summed E-state index contributed by atoms with van der Waals surface area (Å²) in [5.41, 5.74) is 3.35. The maximum atomic E-state index is 13.6. The molecule has 1 amide bonds. The third-order valence-electron chi connectivity index (χ3n) is 11.4. The first kappa shape index (κ1) is 30.1. The number of aliphatic hydroxyl groups is 1. The van der Waals surface area contributed by atoms with Crippen molar-refractivity contribution < 1.29 is 23.1 Å². The van der Waals surface area contributed by atoms with E-state index in [0.717, 1.165) is 49.4 Å². The highest BCUT2D eigenvalue weighted by Gasteiger charge is 2.67. The largest absolute Gasteiger partial charge is 0.490 e. The fourth-order valence-corrected chi connectivity index (χ4v) is 11.6. The molecule has 6 aliphatic rings. The van der Waals surface area contributed by atoms with Crippen LogP contribution in [-0.2, 0) is 21.9 Å². The van der Waals surface area contributed by atoms with Crippen LogP contribution >= 0.6 is 11.6 Å². The Morgan fingerprint density at radius 1 is 1.14 bits per heavy atom. The van der Waals surface area contributed by atoms with Gasteiger partial charge in [0, 0.05) is 29.1 Å². The van der Waals surface area contributed by atoms with Gasteiger partial charge in [-0.05, 0) is 109 Å². The second-order valence-electron chi connectivity index (χ2n) is 14.6. The fraction of sp³-hybridized carbons (Fsp3) is 0.571. The molecule has 8 rings (SSSR count). The first-order valence-corrected chi connectivity index (χ1v) is 18.1. The normalized spacial score (nSPS) is 36.5. The number of aliphatic hydroxyl groups excluding tert-OH is 1. The van der Waals surface area contributed by atoms with E-state index in [0.29, 0.717) is 36.8 Å². The van der Waals surface area contributed by atoms with Gasteiger partial charge in [-0.1, -0.05) is 50.6 Å². The minimum Gasteiger partial charge on any atom is -0.490 e. The standard InChI is InChI=1S/C35H43ClN2O5S/c1-21(2)32-22(3)6-4-8-29(39)31-25-16-35(31,17-25)19-38-18-34(13-5-7-23-14-26(36)10-11-27(23)34)20-43-30-12-9-24(15-28(30)38)33(40)37-44(32,41)42/h4,8-12,14-15,21-22,25,29,31-32,39H,5-7,13,16-20H2,1-3H3,(H,37,40)/b8-4+/t22-,25?,29+,31+,32+,34+,35?/m1/s1. The minimum absolute atomic E-state index is 0.0144. The average Bonchev–Trinajstić information content (AvgIpc) is 3.06. The van der Waals surface area contributed by atoms with Crippen molar-refractivity contribution in [3.63, 3.8) is 0 Å². The number of anilines is 1. The van der Waals surface area contributed by atoms with Gasteiger partial charge in [0.05, 0.1) is 23.6 Å². The highest BCUT2D eigenvalue weighted by molar-refractivity contribution is 7.90. The molecule has 236 valence electrons.